The van der Waals surface area contributed by atoms with Crippen molar-refractivity contribution >= 4 is 15.6 Å². The predicted molar refractivity (Wildman–Crippen MR) is 79.9 cm³/mol. The minimum Gasteiger partial charge on any atom is -0.492 e. The van der Waals surface area contributed by atoms with E-state index in [0.717, 1.165) is 0 Å². The molecule has 0 unspecified atom stereocenters. The minimum atomic E-state index is -3.04. The molecule has 0 N–H and O–H groups in total. The fourth-order valence-corrected chi connectivity index (χ4v) is 2.78. The van der Waals surface area contributed by atoms with Crippen LogP contribution in [0.1, 0.15) is 37.6 Å². The Hall–Kier alpha value is -1.56. The van der Waals surface area contributed by atoms with E-state index in [4.69, 9.17) is 9.47 Å². The number of ketones is 1. The van der Waals surface area contributed by atoms with Crippen molar-refractivity contribution in [1.29, 1.82) is 0 Å². The molecular weight excluding hydrogens is 292 g/mol. The molecule has 0 bridgehead atoms. The van der Waals surface area contributed by atoms with Gasteiger partial charge in [0, 0.05) is 11.8 Å². The highest BCUT2D eigenvalue weighted by Crippen LogP contribution is 2.35. The molecule has 2 rings (SSSR count). The van der Waals surface area contributed by atoms with Gasteiger partial charge in [0.2, 0.25) is 0 Å². The summed E-state index contributed by atoms with van der Waals surface area (Å²) in [5, 5.41) is 0. The van der Waals surface area contributed by atoms with E-state index in [2.05, 4.69) is 0 Å². The molecular formula is C15H20O5S. The van der Waals surface area contributed by atoms with Gasteiger partial charge in [-0.3, -0.25) is 4.79 Å². The molecule has 0 aromatic heterocycles. The Labute approximate surface area is 125 Å². The number of benzene rings is 1. The number of rotatable bonds is 5. The molecule has 0 aliphatic carbocycles. The molecule has 116 valence electrons. The molecule has 0 spiro atoms. The van der Waals surface area contributed by atoms with Crippen LogP contribution in [0.15, 0.2) is 18.2 Å². The van der Waals surface area contributed by atoms with Gasteiger partial charge in [-0.15, -0.1) is 0 Å². The van der Waals surface area contributed by atoms with Crippen LogP contribution in [0.3, 0.4) is 0 Å². The van der Waals surface area contributed by atoms with Gasteiger partial charge < -0.3 is 9.47 Å². The maximum atomic E-state index is 12.0. The topological polar surface area (TPSA) is 69.7 Å². The molecule has 1 aromatic rings. The second-order valence-electron chi connectivity index (χ2n) is 5.70. The summed E-state index contributed by atoms with van der Waals surface area (Å²) in [5.74, 6) is 1.12. The molecule has 1 aromatic carbocycles. The molecule has 21 heavy (non-hydrogen) atoms. The van der Waals surface area contributed by atoms with Crippen molar-refractivity contribution in [3.8, 4) is 11.5 Å². The summed E-state index contributed by atoms with van der Waals surface area (Å²) in [6, 6.07) is 4.97. The van der Waals surface area contributed by atoms with Gasteiger partial charge in [0.15, 0.2) is 15.6 Å². The Balaban J connectivity index is 2.09. The predicted octanol–water partition coefficient (Wildman–Crippen LogP) is 2.24. The number of ether oxygens (including phenoxy) is 2. The van der Waals surface area contributed by atoms with E-state index in [0.29, 0.717) is 23.5 Å². The van der Waals surface area contributed by atoms with Crippen molar-refractivity contribution in [2.45, 2.75) is 32.8 Å². The molecule has 1 heterocycles. The largest absolute Gasteiger partial charge is 0.492 e. The van der Waals surface area contributed by atoms with Crippen molar-refractivity contribution in [2.24, 2.45) is 0 Å². The Morgan fingerprint density at radius 1 is 1.33 bits per heavy atom. The second kappa shape index (κ2) is 5.67. The Morgan fingerprint density at radius 2 is 2.05 bits per heavy atom. The average molecular weight is 312 g/mol. The number of carbonyl (C=O) groups is 1. The third kappa shape index (κ3) is 3.97. The second-order valence-corrected chi connectivity index (χ2v) is 8.18. The molecule has 0 saturated heterocycles. The zero-order valence-corrected chi connectivity index (χ0v) is 13.3. The third-order valence-electron chi connectivity index (χ3n) is 3.33. The number of hydrogen-bond donors (Lipinski definition) is 0. The number of sulfone groups is 1. The molecule has 5 nitrogen and oxygen atoms in total. The first kappa shape index (κ1) is 15.8. The molecule has 6 heteroatoms. The van der Waals surface area contributed by atoms with Crippen molar-refractivity contribution < 1.29 is 22.7 Å². The number of carbonyl (C=O) groups excluding carboxylic acids is 1. The van der Waals surface area contributed by atoms with Crippen LogP contribution in [0.5, 0.6) is 11.5 Å². The summed E-state index contributed by atoms with van der Waals surface area (Å²) < 4.78 is 34.0. The smallest absolute Gasteiger partial charge is 0.170 e. The zero-order chi connectivity index (χ0) is 15.7. The average Bonchev–Trinajstić information content (AvgIpc) is 2.36. The lowest BCUT2D eigenvalue weighted by molar-refractivity contribution is 0.0618. The third-order valence-corrected chi connectivity index (χ3v) is 5.00. The number of hydrogen-bond acceptors (Lipinski definition) is 5. The van der Waals surface area contributed by atoms with E-state index in [1.807, 2.05) is 13.8 Å². The van der Waals surface area contributed by atoms with Crippen LogP contribution in [-0.4, -0.2) is 37.9 Å². The van der Waals surface area contributed by atoms with Crippen molar-refractivity contribution in [3.63, 3.8) is 0 Å². The lowest BCUT2D eigenvalue weighted by Crippen LogP contribution is -2.35. The maximum Gasteiger partial charge on any atom is 0.170 e. The van der Waals surface area contributed by atoms with Gasteiger partial charge in [-0.2, -0.15) is 0 Å². The van der Waals surface area contributed by atoms with Crippen LogP contribution in [0.4, 0.5) is 0 Å². The van der Waals surface area contributed by atoms with E-state index >= 15 is 0 Å². The lowest BCUT2D eigenvalue weighted by atomic mass is 9.93. The highest BCUT2D eigenvalue weighted by Gasteiger charge is 2.32. The number of Topliss-reactive ketones (excluding diaryl/α,β-unsaturated/α-hetero) is 1. The van der Waals surface area contributed by atoms with E-state index in [1.54, 1.807) is 25.1 Å². The first-order valence-corrected chi connectivity index (χ1v) is 8.74. The van der Waals surface area contributed by atoms with Crippen molar-refractivity contribution in [2.75, 3.05) is 18.1 Å². The van der Waals surface area contributed by atoms with Gasteiger partial charge >= 0.3 is 0 Å². The standard InChI is InChI=1S/C15H20O5S/c1-4-21(17,18)8-7-19-11-5-6-12-13(16)10-15(2,3)20-14(12)9-11/h5-6,9H,4,7-8,10H2,1-3H3. The summed E-state index contributed by atoms with van der Waals surface area (Å²) in [5.41, 5.74) is 0.0108. The summed E-state index contributed by atoms with van der Waals surface area (Å²) >= 11 is 0. The maximum absolute atomic E-state index is 12.0. The Bertz CT molecular complexity index is 646. The van der Waals surface area contributed by atoms with Gasteiger partial charge in [-0.05, 0) is 26.0 Å². The highest BCUT2D eigenvalue weighted by molar-refractivity contribution is 7.91. The van der Waals surface area contributed by atoms with Gasteiger partial charge in [0.1, 0.15) is 23.7 Å². The quantitative estimate of drug-likeness (QED) is 0.834. The molecule has 1 aliphatic heterocycles. The van der Waals surface area contributed by atoms with E-state index in [9.17, 15) is 13.2 Å². The van der Waals surface area contributed by atoms with E-state index in [-0.39, 0.29) is 23.9 Å². The zero-order valence-electron chi connectivity index (χ0n) is 12.5. The monoisotopic (exact) mass is 312 g/mol. The van der Waals surface area contributed by atoms with Gasteiger partial charge in [0.25, 0.3) is 0 Å². The normalized spacial score (nSPS) is 17.0. The molecule has 0 amide bonds. The van der Waals surface area contributed by atoms with Crippen LogP contribution in [0.25, 0.3) is 0 Å². The first-order chi connectivity index (χ1) is 9.72. The van der Waals surface area contributed by atoms with Crippen LogP contribution < -0.4 is 9.47 Å². The van der Waals surface area contributed by atoms with Crippen molar-refractivity contribution in [1.82, 2.24) is 0 Å². The van der Waals surface area contributed by atoms with Crippen LogP contribution in [0.2, 0.25) is 0 Å². The van der Waals surface area contributed by atoms with E-state index in [1.165, 1.54) is 0 Å². The SMILES string of the molecule is CCS(=O)(=O)CCOc1ccc2c(c1)OC(C)(C)CC2=O. The summed E-state index contributed by atoms with van der Waals surface area (Å²) in [4.78, 5) is 12.0. The molecule has 0 saturated carbocycles. The summed E-state index contributed by atoms with van der Waals surface area (Å²) in [7, 11) is -3.04. The summed E-state index contributed by atoms with van der Waals surface area (Å²) in [6.45, 7) is 5.41. The van der Waals surface area contributed by atoms with Crippen LogP contribution >= 0.6 is 0 Å². The van der Waals surface area contributed by atoms with Crippen LogP contribution in [-0.2, 0) is 9.84 Å². The van der Waals surface area contributed by atoms with E-state index < -0.39 is 15.4 Å². The fraction of sp³-hybridized carbons (Fsp3) is 0.533. The summed E-state index contributed by atoms with van der Waals surface area (Å²) in [6.07, 6.45) is 0.342. The lowest BCUT2D eigenvalue weighted by Gasteiger charge is -2.31. The minimum absolute atomic E-state index is 0.0220. The van der Waals surface area contributed by atoms with Gasteiger partial charge in [-0.25, -0.2) is 8.42 Å². The molecule has 0 radical (unpaired) electrons. The van der Waals surface area contributed by atoms with Crippen LogP contribution in [0, 0.1) is 0 Å². The Morgan fingerprint density at radius 3 is 2.71 bits per heavy atom. The number of fused-ring (bicyclic) bond motifs is 1. The van der Waals surface area contributed by atoms with Gasteiger partial charge in [-0.1, -0.05) is 6.92 Å². The molecule has 1 aliphatic rings. The Kier molecular flexibility index (Phi) is 4.27. The molecule has 0 fully saturated rings. The van der Waals surface area contributed by atoms with Crippen molar-refractivity contribution in [3.05, 3.63) is 23.8 Å². The highest BCUT2D eigenvalue weighted by atomic mass is 32.2. The van der Waals surface area contributed by atoms with Gasteiger partial charge in [0.05, 0.1) is 17.7 Å². The fourth-order valence-electron chi connectivity index (χ4n) is 2.15. The first-order valence-electron chi connectivity index (χ1n) is 6.92. The molecule has 0 atom stereocenters.